The Morgan fingerprint density at radius 3 is 2.25 bits per heavy atom. The smallest absolute Gasteiger partial charge is 0.0406 e. The molecule has 0 amide bonds. The van der Waals surface area contributed by atoms with Crippen molar-refractivity contribution in [2.75, 3.05) is 13.1 Å². The summed E-state index contributed by atoms with van der Waals surface area (Å²) in [5.41, 5.74) is 1.64. The molecular weight excluding hydrogens is 218 g/mol. The highest BCUT2D eigenvalue weighted by Gasteiger charge is 2.28. The zero-order valence-corrected chi connectivity index (χ0v) is 10.9. The van der Waals surface area contributed by atoms with Crippen LogP contribution < -0.4 is 0 Å². The van der Waals surface area contributed by atoms with Crippen molar-refractivity contribution >= 4 is 11.6 Å². The number of hydrogen-bond acceptors (Lipinski definition) is 1. The minimum Gasteiger partial charge on any atom is -0.298 e. The van der Waals surface area contributed by atoms with Crippen LogP contribution in [0, 0.1) is 0 Å². The fourth-order valence-corrected chi connectivity index (χ4v) is 2.66. The van der Waals surface area contributed by atoms with Gasteiger partial charge in [-0.3, -0.25) is 4.90 Å². The summed E-state index contributed by atoms with van der Waals surface area (Å²) in [6.07, 6.45) is 3.80. The lowest BCUT2D eigenvalue weighted by molar-refractivity contribution is 0.155. The quantitative estimate of drug-likeness (QED) is 0.774. The Labute approximate surface area is 103 Å². The number of hydrogen-bond donors (Lipinski definition) is 0. The Kier molecular flexibility index (Phi) is 3.56. The maximum absolute atomic E-state index is 5.90. The first-order chi connectivity index (χ1) is 7.58. The van der Waals surface area contributed by atoms with Crippen molar-refractivity contribution in [1.82, 2.24) is 4.90 Å². The molecule has 0 radical (unpaired) electrons. The molecule has 1 aromatic carbocycles. The third-order valence-corrected chi connectivity index (χ3v) is 3.76. The van der Waals surface area contributed by atoms with Gasteiger partial charge in [0.15, 0.2) is 0 Å². The van der Waals surface area contributed by atoms with Crippen LogP contribution in [0.15, 0.2) is 24.3 Å². The van der Waals surface area contributed by atoms with Gasteiger partial charge in [0.1, 0.15) is 0 Å². The molecule has 88 valence electrons. The van der Waals surface area contributed by atoms with Gasteiger partial charge in [-0.2, -0.15) is 0 Å². The van der Waals surface area contributed by atoms with E-state index in [1.165, 1.54) is 31.5 Å². The number of halogens is 1. The second kappa shape index (κ2) is 4.77. The van der Waals surface area contributed by atoms with E-state index in [1.54, 1.807) is 0 Å². The van der Waals surface area contributed by atoms with E-state index in [-0.39, 0.29) is 5.54 Å². The molecular formula is C14H20ClN. The molecule has 16 heavy (non-hydrogen) atoms. The molecule has 0 N–H and O–H groups in total. The first-order valence-electron chi connectivity index (χ1n) is 6.07. The molecule has 1 heterocycles. The van der Waals surface area contributed by atoms with Crippen LogP contribution in [-0.2, 0) is 6.42 Å². The highest BCUT2D eigenvalue weighted by atomic mass is 35.5. The summed E-state index contributed by atoms with van der Waals surface area (Å²) in [6.45, 7) is 7.18. The predicted molar refractivity (Wildman–Crippen MR) is 70.0 cm³/mol. The summed E-state index contributed by atoms with van der Waals surface area (Å²) in [7, 11) is 0. The molecule has 1 aliphatic heterocycles. The predicted octanol–water partition coefficient (Wildman–Crippen LogP) is 3.76. The summed E-state index contributed by atoms with van der Waals surface area (Å²) in [5.74, 6) is 0. The van der Waals surface area contributed by atoms with E-state index in [0.29, 0.717) is 0 Å². The van der Waals surface area contributed by atoms with Crippen LogP contribution in [0.2, 0.25) is 5.02 Å². The van der Waals surface area contributed by atoms with Crippen molar-refractivity contribution in [2.24, 2.45) is 0 Å². The van der Waals surface area contributed by atoms with E-state index in [9.17, 15) is 0 Å². The molecule has 2 heteroatoms. The lowest BCUT2D eigenvalue weighted by Gasteiger charge is -2.35. The van der Waals surface area contributed by atoms with Gasteiger partial charge in [0.2, 0.25) is 0 Å². The Balaban J connectivity index is 2.04. The van der Waals surface area contributed by atoms with E-state index in [1.807, 2.05) is 12.1 Å². The Hall–Kier alpha value is -0.530. The maximum atomic E-state index is 5.90. The fraction of sp³-hybridized carbons (Fsp3) is 0.571. The minimum atomic E-state index is 0.268. The van der Waals surface area contributed by atoms with Gasteiger partial charge < -0.3 is 0 Å². The van der Waals surface area contributed by atoms with Crippen LogP contribution in [0.25, 0.3) is 0 Å². The second-order valence-corrected chi connectivity index (χ2v) is 5.75. The molecule has 0 aromatic heterocycles. The van der Waals surface area contributed by atoms with Crippen LogP contribution in [0.1, 0.15) is 32.3 Å². The summed E-state index contributed by atoms with van der Waals surface area (Å²) < 4.78 is 0. The van der Waals surface area contributed by atoms with Gasteiger partial charge >= 0.3 is 0 Å². The number of nitrogens with zero attached hydrogens (tertiary/aromatic N) is 1. The third-order valence-electron chi connectivity index (χ3n) is 3.51. The van der Waals surface area contributed by atoms with Crippen molar-refractivity contribution in [1.29, 1.82) is 0 Å². The molecule has 1 nitrogen and oxygen atoms in total. The topological polar surface area (TPSA) is 3.24 Å². The van der Waals surface area contributed by atoms with Crippen molar-refractivity contribution in [3.05, 3.63) is 34.9 Å². The van der Waals surface area contributed by atoms with Gasteiger partial charge in [-0.1, -0.05) is 23.7 Å². The van der Waals surface area contributed by atoms with Crippen molar-refractivity contribution in [3.63, 3.8) is 0 Å². The van der Waals surface area contributed by atoms with E-state index in [4.69, 9.17) is 11.6 Å². The van der Waals surface area contributed by atoms with Crippen LogP contribution in [-0.4, -0.2) is 23.5 Å². The zero-order chi connectivity index (χ0) is 11.6. The largest absolute Gasteiger partial charge is 0.298 e. The fourth-order valence-electron chi connectivity index (χ4n) is 2.54. The van der Waals surface area contributed by atoms with Gasteiger partial charge in [0.05, 0.1) is 0 Å². The van der Waals surface area contributed by atoms with Gasteiger partial charge in [-0.15, -0.1) is 0 Å². The summed E-state index contributed by atoms with van der Waals surface area (Å²) in [4.78, 5) is 2.60. The molecule has 1 aromatic rings. The molecule has 2 rings (SSSR count). The molecule has 1 aliphatic rings. The third kappa shape index (κ3) is 2.78. The molecule has 0 saturated carbocycles. The van der Waals surface area contributed by atoms with E-state index in [0.717, 1.165) is 11.4 Å². The number of likely N-dealkylation sites (tertiary alicyclic amines) is 1. The van der Waals surface area contributed by atoms with Crippen molar-refractivity contribution < 1.29 is 0 Å². The highest BCUT2D eigenvalue weighted by molar-refractivity contribution is 6.30. The minimum absolute atomic E-state index is 0.268. The van der Waals surface area contributed by atoms with Crippen LogP contribution in [0.3, 0.4) is 0 Å². The normalized spacial score (nSPS) is 17.9. The molecule has 0 aliphatic carbocycles. The average Bonchev–Trinajstić information content (AvgIpc) is 2.75. The Bertz CT molecular complexity index is 336. The first-order valence-corrected chi connectivity index (χ1v) is 6.45. The first kappa shape index (κ1) is 11.9. The highest BCUT2D eigenvalue weighted by Crippen LogP contribution is 2.25. The van der Waals surface area contributed by atoms with Gasteiger partial charge in [-0.25, -0.2) is 0 Å². The zero-order valence-electron chi connectivity index (χ0n) is 10.2. The van der Waals surface area contributed by atoms with Crippen molar-refractivity contribution in [3.8, 4) is 0 Å². The molecule has 1 saturated heterocycles. The van der Waals surface area contributed by atoms with Crippen LogP contribution >= 0.6 is 11.6 Å². The van der Waals surface area contributed by atoms with E-state index >= 15 is 0 Å². The summed E-state index contributed by atoms with van der Waals surface area (Å²) >= 11 is 5.90. The standard InChI is InChI=1S/C14H20ClN/c1-14(2,16-9-3-4-10-16)11-12-5-7-13(15)8-6-12/h5-8H,3-4,9-11H2,1-2H3. The van der Waals surface area contributed by atoms with Gasteiger partial charge in [0.25, 0.3) is 0 Å². The second-order valence-electron chi connectivity index (χ2n) is 5.31. The average molecular weight is 238 g/mol. The lowest BCUT2D eigenvalue weighted by atomic mass is 9.93. The molecule has 1 fully saturated rings. The van der Waals surface area contributed by atoms with Crippen LogP contribution in [0.4, 0.5) is 0 Å². The number of rotatable bonds is 3. The molecule has 0 bridgehead atoms. The molecule has 0 unspecified atom stereocenters. The van der Waals surface area contributed by atoms with E-state index in [2.05, 4.69) is 30.9 Å². The van der Waals surface area contributed by atoms with Gasteiger partial charge in [0, 0.05) is 10.6 Å². The summed E-state index contributed by atoms with van der Waals surface area (Å²) in [5, 5.41) is 0.822. The molecule has 0 atom stereocenters. The monoisotopic (exact) mass is 237 g/mol. The SMILES string of the molecule is CC(C)(Cc1ccc(Cl)cc1)N1CCCC1. The van der Waals surface area contributed by atoms with E-state index < -0.39 is 0 Å². The number of benzene rings is 1. The molecule has 0 spiro atoms. The Morgan fingerprint density at radius 2 is 1.69 bits per heavy atom. The lowest BCUT2D eigenvalue weighted by Crippen LogP contribution is -2.43. The van der Waals surface area contributed by atoms with Crippen molar-refractivity contribution in [2.45, 2.75) is 38.6 Å². The van der Waals surface area contributed by atoms with Crippen LogP contribution in [0.5, 0.6) is 0 Å². The Morgan fingerprint density at radius 1 is 1.12 bits per heavy atom. The summed E-state index contributed by atoms with van der Waals surface area (Å²) in [6, 6.07) is 8.24. The maximum Gasteiger partial charge on any atom is 0.0406 e. The van der Waals surface area contributed by atoms with Gasteiger partial charge in [-0.05, 0) is 63.9 Å².